The van der Waals surface area contributed by atoms with Gasteiger partial charge >= 0.3 is 5.97 Å². The van der Waals surface area contributed by atoms with E-state index >= 15 is 0 Å². The number of carbonyl (C=O) groups excluding carboxylic acids is 1. The molecule has 154 valence electrons. The number of aryl methyl sites for hydroxylation is 1. The van der Waals surface area contributed by atoms with E-state index in [0.29, 0.717) is 22.9 Å². The molecule has 0 aliphatic heterocycles. The number of rotatable bonds is 7. The molecule has 0 spiro atoms. The number of esters is 1. The fourth-order valence-electron chi connectivity index (χ4n) is 2.94. The lowest BCUT2D eigenvalue weighted by Crippen LogP contribution is -2.12. The minimum atomic E-state index is -3.84. The molecule has 1 heterocycles. The number of aromatic nitrogens is 2. The Hall–Kier alpha value is -2.62. The van der Waals surface area contributed by atoms with Crippen LogP contribution < -0.4 is 10.9 Å². The highest BCUT2D eigenvalue weighted by Gasteiger charge is 2.17. The first-order chi connectivity index (χ1) is 13.7. The third-order valence-corrected chi connectivity index (χ3v) is 5.57. The van der Waals surface area contributed by atoms with Crippen LogP contribution in [0.4, 0.5) is 5.69 Å². The van der Waals surface area contributed by atoms with E-state index < -0.39 is 16.0 Å². The summed E-state index contributed by atoms with van der Waals surface area (Å²) in [5.74, 6) is -0.0978. The van der Waals surface area contributed by atoms with Crippen LogP contribution in [0.2, 0.25) is 5.02 Å². The Kier molecular flexibility index (Phi) is 6.11. The van der Waals surface area contributed by atoms with Crippen LogP contribution in [0.3, 0.4) is 0 Å². The second kappa shape index (κ2) is 8.40. The van der Waals surface area contributed by atoms with Gasteiger partial charge in [0.15, 0.2) is 0 Å². The van der Waals surface area contributed by atoms with Gasteiger partial charge in [-0.05, 0) is 42.8 Å². The zero-order chi connectivity index (χ0) is 21.2. The number of fused-ring (bicyclic) bond motifs is 1. The van der Waals surface area contributed by atoms with E-state index in [-0.39, 0.29) is 22.8 Å². The number of nitrogens with two attached hydrogens (primary N) is 2. The minimum absolute atomic E-state index is 0.0253. The van der Waals surface area contributed by atoms with E-state index in [1.807, 2.05) is 4.57 Å². The predicted octanol–water partition coefficient (Wildman–Crippen LogP) is 3.08. The van der Waals surface area contributed by atoms with E-state index in [9.17, 15) is 13.2 Å². The van der Waals surface area contributed by atoms with Crippen molar-refractivity contribution in [3.05, 3.63) is 52.8 Å². The summed E-state index contributed by atoms with van der Waals surface area (Å²) in [6.45, 7) is 2.61. The molecule has 2 aromatic carbocycles. The van der Waals surface area contributed by atoms with E-state index in [4.69, 9.17) is 27.2 Å². The van der Waals surface area contributed by atoms with Gasteiger partial charge < -0.3 is 15.0 Å². The van der Waals surface area contributed by atoms with Crippen molar-refractivity contribution in [1.29, 1.82) is 0 Å². The largest absolute Gasteiger partial charge is 0.454 e. The highest BCUT2D eigenvalue weighted by Crippen LogP contribution is 2.23. The molecule has 3 aromatic rings. The Morgan fingerprint density at radius 1 is 1.24 bits per heavy atom. The first-order valence-corrected chi connectivity index (χ1v) is 10.9. The van der Waals surface area contributed by atoms with Gasteiger partial charge in [0.05, 0.1) is 21.5 Å². The number of sulfonamides is 1. The van der Waals surface area contributed by atoms with Crippen molar-refractivity contribution in [1.82, 2.24) is 9.55 Å². The molecule has 10 heteroatoms. The molecular formula is C19H21ClN4O4S. The Bertz CT molecular complexity index is 1170. The lowest BCUT2D eigenvalue weighted by Gasteiger charge is -2.10. The summed E-state index contributed by atoms with van der Waals surface area (Å²) in [7, 11) is -3.84. The molecule has 0 radical (unpaired) electrons. The van der Waals surface area contributed by atoms with Gasteiger partial charge in [-0.25, -0.2) is 23.3 Å². The predicted molar refractivity (Wildman–Crippen MR) is 111 cm³/mol. The molecule has 29 heavy (non-hydrogen) atoms. The number of carbonyl (C=O) groups is 1. The SMILES string of the molecule is CCCCn1c(COC(=O)c2ccc(Cl)cc2N)nc2cc(S(N)(=O)=O)ccc21. The van der Waals surface area contributed by atoms with Crippen LogP contribution >= 0.6 is 11.6 Å². The summed E-state index contributed by atoms with van der Waals surface area (Å²) < 4.78 is 30.5. The van der Waals surface area contributed by atoms with Crippen LogP contribution in [0, 0.1) is 0 Å². The molecule has 1 aromatic heterocycles. The molecule has 0 atom stereocenters. The molecule has 0 amide bonds. The molecule has 4 N–H and O–H groups in total. The van der Waals surface area contributed by atoms with Crippen molar-refractivity contribution in [2.24, 2.45) is 5.14 Å². The van der Waals surface area contributed by atoms with Crippen LogP contribution in [-0.4, -0.2) is 23.9 Å². The Labute approximate surface area is 173 Å². The lowest BCUT2D eigenvalue weighted by molar-refractivity contribution is 0.0459. The Balaban J connectivity index is 1.91. The summed E-state index contributed by atoms with van der Waals surface area (Å²) in [5, 5.41) is 5.63. The molecule has 0 aliphatic rings. The topological polar surface area (TPSA) is 130 Å². The monoisotopic (exact) mass is 436 g/mol. The summed E-state index contributed by atoms with van der Waals surface area (Å²) in [6, 6.07) is 9.03. The van der Waals surface area contributed by atoms with Gasteiger partial charge in [-0.3, -0.25) is 0 Å². The standard InChI is InChI=1S/C19H21ClN4O4S/c1-2-3-8-24-17-7-5-13(29(22,26)27)10-16(17)23-18(24)11-28-19(25)14-6-4-12(20)9-15(14)21/h4-7,9-10H,2-3,8,11,21H2,1H3,(H2,22,26,27). The average molecular weight is 437 g/mol. The first-order valence-electron chi connectivity index (χ1n) is 8.95. The molecule has 0 fully saturated rings. The zero-order valence-corrected chi connectivity index (χ0v) is 17.3. The summed E-state index contributed by atoms with van der Waals surface area (Å²) >= 11 is 5.86. The van der Waals surface area contributed by atoms with Crippen LogP contribution in [-0.2, 0) is 27.9 Å². The van der Waals surface area contributed by atoms with Gasteiger partial charge in [-0.15, -0.1) is 0 Å². The first kappa shape index (κ1) is 21.1. The maximum Gasteiger partial charge on any atom is 0.340 e. The smallest absolute Gasteiger partial charge is 0.340 e. The Morgan fingerprint density at radius 2 is 2.00 bits per heavy atom. The van der Waals surface area contributed by atoms with Gasteiger partial charge in [-0.2, -0.15) is 0 Å². The van der Waals surface area contributed by atoms with Gasteiger partial charge in [0, 0.05) is 17.3 Å². The fraction of sp³-hybridized carbons (Fsp3) is 0.263. The molecule has 0 aliphatic carbocycles. The highest BCUT2D eigenvalue weighted by atomic mass is 35.5. The van der Waals surface area contributed by atoms with Gasteiger partial charge in [0.25, 0.3) is 0 Å². The third kappa shape index (κ3) is 4.69. The molecule has 0 unspecified atom stereocenters. The molecule has 0 saturated heterocycles. The maximum absolute atomic E-state index is 12.4. The van der Waals surface area contributed by atoms with Gasteiger partial charge in [0.1, 0.15) is 12.4 Å². The number of ether oxygens (including phenoxy) is 1. The number of halogens is 1. The number of benzene rings is 2. The number of unbranched alkanes of at least 4 members (excludes halogenated alkanes) is 1. The number of anilines is 1. The van der Waals surface area contributed by atoms with Crippen LogP contribution in [0.1, 0.15) is 35.9 Å². The van der Waals surface area contributed by atoms with E-state index in [0.717, 1.165) is 18.4 Å². The average Bonchev–Trinajstić information content (AvgIpc) is 3.00. The quantitative estimate of drug-likeness (QED) is 0.432. The van der Waals surface area contributed by atoms with E-state index in [2.05, 4.69) is 11.9 Å². The second-order valence-corrected chi connectivity index (χ2v) is 8.53. The van der Waals surface area contributed by atoms with Crippen LogP contribution in [0.25, 0.3) is 11.0 Å². The molecule has 0 bridgehead atoms. The van der Waals surface area contributed by atoms with Crippen molar-refractivity contribution in [3.8, 4) is 0 Å². The van der Waals surface area contributed by atoms with Crippen molar-refractivity contribution in [3.63, 3.8) is 0 Å². The molecule has 0 saturated carbocycles. The number of nitrogens with zero attached hydrogens (tertiary/aromatic N) is 2. The van der Waals surface area contributed by atoms with Crippen molar-refractivity contribution in [2.75, 3.05) is 5.73 Å². The van der Waals surface area contributed by atoms with Crippen LogP contribution in [0.5, 0.6) is 0 Å². The maximum atomic E-state index is 12.4. The van der Waals surface area contributed by atoms with Crippen LogP contribution in [0.15, 0.2) is 41.3 Å². The number of primary sulfonamides is 1. The normalized spacial score (nSPS) is 11.7. The highest BCUT2D eigenvalue weighted by molar-refractivity contribution is 7.89. The number of imidazole rings is 1. The number of nitrogen functional groups attached to an aromatic ring is 1. The molecular weight excluding hydrogens is 416 g/mol. The summed E-state index contributed by atoms with van der Waals surface area (Å²) in [4.78, 5) is 16.8. The van der Waals surface area contributed by atoms with Gasteiger partial charge in [-0.1, -0.05) is 24.9 Å². The number of hydrogen-bond donors (Lipinski definition) is 2. The third-order valence-electron chi connectivity index (χ3n) is 4.43. The molecule has 8 nitrogen and oxygen atoms in total. The van der Waals surface area contributed by atoms with E-state index in [1.165, 1.54) is 24.3 Å². The molecule has 3 rings (SSSR count). The second-order valence-electron chi connectivity index (χ2n) is 6.54. The zero-order valence-electron chi connectivity index (χ0n) is 15.8. The van der Waals surface area contributed by atoms with Crippen molar-refractivity contribution < 1.29 is 17.9 Å². The van der Waals surface area contributed by atoms with Crippen molar-refractivity contribution >= 4 is 44.3 Å². The summed E-state index contributed by atoms with van der Waals surface area (Å²) in [6.07, 6.45) is 1.84. The van der Waals surface area contributed by atoms with Crippen molar-refractivity contribution in [2.45, 2.75) is 37.8 Å². The van der Waals surface area contributed by atoms with Gasteiger partial charge in [0.2, 0.25) is 10.0 Å². The minimum Gasteiger partial charge on any atom is -0.454 e. The summed E-state index contributed by atoms with van der Waals surface area (Å²) in [5.41, 5.74) is 7.46. The lowest BCUT2D eigenvalue weighted by atomic mass is 10.2. The van der Waals surface area contributed by atoms with E-state index in [1.54, 1.807) is 12.1 Å². The Morgan fingerprint density at radius 3 is 2.66 bits per heavy atom. The fourth-order valence-corrected chi connectivity index (χ4v) is 3.65. The number of hydrogen-bond acceptors (Lipinski definition) is 6.